The number of piperidine rings is 1. The molecule has 1 aromatic carbocycles. The molecule has 2 heterocycles. The number of hydrogen-bond donors (Lipinski definition) is 3. The molecule has 0 aromatic heterocycles. The van der Waals surface area contributed by atoms with Crippen LogP contribution in [0, 0.1) is 5.82 Å². The van der Waals surface area contributed by atoms with E-state index in [1.165, 1.54) is 18.1 Å². The monoisotopic (exact) mass is 420 g/mol. The third-order valence-electron chi connectivity index (χ3n) is 5.34. The largest absolute Gasteiger partial charge is 0.494 e. The van der Waals surface area contributed by atoms with Crippen LogP contribution in [0.2, 0.25) is 0 Å². The second kappa shape index (κ2) is 10.2. The van der Waals surface area contributed by atoms with Gasteiger partial charge in [-0.05, 0) is 30.5 Å². The molecule has 0 spiro atoms. The number of hydrogen-bond acceptors (Lipinski definition) is 5. The highest BCUT2D eigenvalue weighted by Gasteiger charge is 2.27. The van der Waals surface area contributed by atoms with E-state index in [1.54, 1.807) is 13.1 Å². The van der Waals surface area contributed by atoms with Gasteiger partial charge < -0.3 is 20.7 Å². The summed E-state index contributed by atoms with van der Waals surface area (Å²) in [7, 11) is 3.15. The van der Waals surface area contributed by atoms with E-state index in [-0.39, 0.29) is 36.1 Å². The lowest BCUT2D eigenvalue weighted by atomic mass is 10.0. The molecule has 0 atom stereocenters. The molecule has 2 fully saturated rings. The van der Waals surface area contributed by atoms with Crippen molar-refractivity contribution in [3.05, 3.63) is 29.6 Å². The third kappa shape index (κ3) is 5.59. The van der Waals surface area contributed by atoms with E-state index in [1.807, 2.05) is 6.07 Å². The van der Waals surface area contributed by atoms with E-state index in [9.17, 15) is 14.0 Å². The van der Waals surface area contributed by atoms with Crippen molar-refractivity contribution in [1.29, 1.82) is 0 Å². The smallest absolute Gasteiger partial charge is 0.324 e. The molecule has 1 aromatic rings. The minimum Gasteiger partial charge on any atom is -0.494 e. The number of halogens is 1. The van der Waals surface area contributed by atoms with E-state index in [2.05, 4.69) is 25.8 Å². The molecule has 2 aliphatic rings. The number of nitrogens with one attached hydrogen (secondary N) is 3. The number of rotatable bonds is 7. The van der Waals surface area contributed by atoms with Crippen molar-refractivity contribution in [2.75, 3.05) is 46.9 Å². The maximum absolute atomic E-state index is 13.9. The van der Waals surface area contributed by atoms with Gasteiger partial charge in [0.25, 0.3) is 0 Å². The summed E-state index contributed by atoms with van der Waals surface area (Å²) in [6.45, 7) is 3.28. The molecule has 30 heavy (non-hydrogen) atoms. The van der Waals surface area contributed by atoms with Gasteiger partial charge in [0.2, 0.25) is 5.91 Å². The quantitative estimate of drug-likeness (QED) is 0.338. The van der Waals surface area contributed by atoms with Gasteiger partial charge in [0.05, 0.1) is 13.7 Å². The third-order valence-corrected chi connectivity index (χ3v) is 5.34. The zero-order valence-electron chi connectivity index (χ0n) is 17.4. The van der Waals surface area contributed by atoms with Crippen molar-refractivity contribution in [2.24, 2.45) is 4.99 Å². The fourth-order valence-corrected chi connectivity index (χ4v) is 3.66. The average Bonchev–Trinajstić information content (AvgIpc) is 3.06. The van der Waals surface area contributed by atoms with Gasteiger partial charge in [-0.1, -0.05) is 6.07 Å². The van der Waals surface area contributed by atoms with Gasteiger partial charge in [-0.2, -0.15) is 0 Å². The first kappa shape index (κ1) is 21.8. The predicted octanol–water partition coefficient (Wildman–Crippen LogP) is 0.516. The zero-order valence-corrected chi connectivity index (χ0v) is 17.4. The normalized spacial score (nSPS) is 18.5. The van der Waals surface area contributed by atoms with Crippen LogP contribution in [0.15, 0.2) is 23.2 Å². The van der Waals surface area contributed by atoms with Gasteiger partial charge in [0.1, 0.15) is 0 Å². The molecule has 3 N–H and O–H groups in total. The Hall–Kier alpha value is -2.88. The summed E-state index contributed by atoms with van der Waals surface area (Å²) in [5, 5.41) is 9.04. The van der Waals surface area contributed by atoms with Crippen LogP contribution in [0.1, 0.15) is 18.4 Å². The van der Waals surface area contributed by atoms with Crippen LogP contribution in [-0.2, 0) is 11.3 Å². The van der Waals surface area contributed by atoms with Crippen molar-refractivity contribution < 1.29 is 18.7 Å². The van der Waals surface area contributed by atoms with Crippen molar-refractivity contribution in [3.8, 4) is 5.75 Å². The lowest BCUT2D eigenvalue weighted by Gasteiger charge is -2.33. The van der Waals surface area contributed by atoms with Crippen molar-refractivity contribution >= 4 is 17.9 Å². The van der Waals surface area contributed by atoms with Crippen molar-refractivity contribution in [3.63, 3.8) is 0 Å². The molecule has 0 aliphatic carbocycles. The first-order valence-electron chi connectivity index (χ1n) is 10.1. The number of carbonyl (C=O) groups excluding carboxylic acids is 2. The van der Waals surface area contributed by atoms with Crippen LogP contribution in [0.25, 0.3) is 0 Å². The minimum absolute atomic E-state index is 0.0630. The van der Waals surface area contributed by atoms with E-state index < -0.39 is 0 Å². The van der Waals surface area contributed by atoms with Crippen LogP contribution in [0.3, 0.4) is 0 Å². The number of amides is 3. The number of methoxy groups -OCH3 is 1. The highest BCUT2D eigenvalue weighted by Crippen LogP contribution is 2.20. The van der Waals surface area contributed by atoms with Crippen molar-refractivity contribution in [2.45, 2.75) is 25.4 Å². The molecule has 0 saturated carbocycles. The van der Waals surface area contributed by atoms with Crippen LogP contribution in [-0.4, -0.2) is 80.6 Å². The standard InChI is InChI=1S/C20H29FN6O3/c1-22-19(23-7-10-27-18(28)12-24-20(27)29)25-15-5-8-26(9-6-15)13-14-3-4-17(30-2)16(21)11-14/h3-4,11,15H,5-10,12-13H2,1-2H3,(H,24,29)(H2,22,23,25). The maximum atomic E-state index is 13.9. The first-order chi connectivity index (χ1) is 14.5. The van der Waals surface area contributed by atoms with E-state index in [0.29, 0.717) is 25.6 Å². The van der Waals surface area contributed by atoms with Gasteiger partial charge in [-0.25, -0.2) is 9.18 Å². The maximum Gasteiger partial charge on any atom is 0.324 e. The molecule has 164 valence electrons. The second-order valence-corrected chi connectivity index (χ2v) is 7.37. The summed E-state index contributed by atoms with van der Waals surface area (Å²) in [5.74, 6) is 0.358. The van der Waals surface area contributed by atoms with Gasteiger partial charge in [-0.3, -0.25) is 19.6 Å². The van der Waals surface area contributed by atoms with Crippen molar-refractivity contribution in [1.82, 2.24) is 25.8 Å². The Bertz CT molecular complexity index is 779. The number of carbonyl (C=O) groups is 2. The number of imide groups is 1. The molecule has 10 heteroatoms. The Kier molecular flexibility index (Phi) is 7.45. The lowest BCUT2D eigenvalue weighted by Crippen LogP contribution is -2.50. The van der Waals surface area contributed by atoms with Gasteiger partial charge in [0.15, 0.2) is 17.5 Å². The molecular weight excluding hydrogens is 391 g/mol. The number of urea groups is 1. The molecule has 3 amide bonds. The zero-order chi connectivity index (χ0) is 21.5. The molecule has 2 aliphatic heterocycles. The molecule has 0 unspecified atom stereocenters. The average molecular weight is 420 g/mol. The molecule has 2 saturated heterocycles. The Labute approximate surface area is 175 Å². The van der Waals surface area contributed by atoms with Crippen LogP contribution in [0.5, 0.6) is 5.75 Å². The fraction of sp³-hybridized carbons (Fsp3) is 0.550. The first-order valence-corrected chi connectivity index (χ1v) is 10.1. The number of likely N-dealkylation sites (tertiary alicyclic amines) is 1. The predicted molar refractivity (Wildman–Crippen MR) is 111 cm³/mol. The highest BCUT2D eigenvalue weighted by molar-refractivity contribution is 6.01. The summed E-state index contributed by atoms with van der Waals surface area (Å²) < 4.78 is 18.8. The Morgan fingerprint density at radius 1 is 1.33 bits per heavy atom. The van der Waals surface area contributed by atoms with E-state index in [0.717, 1.165) is 31.5 Å². The van der Waals surface area contributed by atoms with E-state index >= 15 is 0 Å². The molecule has 9 nitrogen and oxygen atoms in total. The number of nitrogens with zero attached hydrogens (tertiary/aromatic N) is 3. The topological polar surface area (TPSA) is 98.3 Å². The van der Waals surface area contributed by atoms with Gasteiger partial charge >= 0.3 is 6.03 Å². The van der Waals surface area contributed by atoms with E-state index in [4.69, 9.17) is 4.74 Å². The summed E-state index contributed by atoms with van der Waals surface area (Å²) in [6.07, 6.45) is 1.87. The minimum atomic E-state index is -0.353. The molecule has 0 radical (unpaired) electrons. The fourth-order valence-electron chi connectivity index (χ4n) is 3.66. The second-order valence-electron chi connectivity index (χ2n) is 7.37. The van der Waals surface area contributed by atoms with Crippen LogP contribution in [0.4, 0.5) is 9.18 Å². The Morgan fingerprint density at radius 3 is 2.70 bits per heavy atom. The summed E-state index contributed by atoms with van der Waals surface area (Å²) in [6, 6.07) is 5.00. The Balaban J connectivity index is 1.39. The molecular formula is C20H29FN6O3. The summed E-state index contributed by atoms with van der Waals surface area (Å²) in [5.41, 5.74) is 0.928. The number of guanidine groups is 1. The lowest BCUT2D eigenvalue weighted by molar-refractivity contribution is -0.124. The number of aliphatic imine (C=N–C) groups is 1. The summed E-state index contributed by atoms with van der Waals surface area (Å²) >= 11 is 0. The van der Waals surface area contributed by atoms with Gasteiger partial charge in [-0.15, -0.1) is 0 Å². The van der Waals surface area contributed by atoms with Crippen LogP contribution < -0.4 is 20.7 Å². The number of benzene rings is 1. The molecule has 0 bridgehead atoms. The number of ether oxygens (including phenoxy) is 1. The summed E-state index contributed by atoms with van der Waals surface area (Å²) in [4.78, 5) is 30.9. The van der Waals surface area contributed by atoms with Gasteiger partial charge in [0, 0.05) is 45.8 Å². The molecule has 3 rings (SSSR count). The SMILES string of the molecule is CN=C(NCCN1C(=O)CNC1=O)NC1CCN(Cc2ccc(OC)c(F)c2)CC1. The Morgan fingerprint density at radius 2 is 2.10 bits per heavy atom. The van der Waals surface area contributed by atoms with Crippen LogP contribution >= 0.6 is 0 Å². The highest BCUT2D eigenvalue weighted by atomic mass is 19.1.